The maximum Gasteiger partial charge on any atom is 0.261 e. The molecule has 35 heavy (non-hydrogen) atoms. The van der Waals surface area contributed by atoms with Crippen molar-refractivity contribution < 1.29 is 13.2 Å². The molecule has 3 aromatic rings. The zero-order valence-electron chi connectivity index (χ0n) is 19.6. The average Bonchev–Trinajstić information content (AvgIpc) is 3.36. The first kappa shape index (κ1) is 22.3. The Bertz CT molecular complexity index is 1350. The third-order valence-electron chi connectivity index (χ3n) is 8.23. The number of anilines is 2. The van der Waals surface area contributed by atoms with Gasteiger partial charge in [-0.05, 0) is 93.2 Å². The van der Waals surface area contributed by atoms with Crippen molar-refractivity contribution in [3.8, 4) is 0 Å². The van der Waals surface area contributed by atoms with Crippen LogP contribution in [0.15, 0.2) is 66.1 Å². The average molecular weight is 492 g/mol. The summed E-state index contributed by atoms with van der Waals surface area (Å²) in [7, 11) is -3.73. The topological polar surface area (TPSA) is 106 Å². The van der Waals surface area contributed by atoms with Crippen molar-refractivity contribution in [2.75, 3.05) is 10.0 Å². The number of carbonyl (C=O) groups excluding carboxylic acids is 1. The van der Waals surface area contributed by atoms with Crippen molar-refractivity contribution in [3.63, 3.8) is 0 Å². The van der Waals surface area contributed by atoms with E-state index in [4.69, 9.17) is 0 Å². The van der Waals surface area contributed by atoms with Crippen LogP contribution in [-0.2, 0) is 20.4 Å². The molecule has 1 amide bonds. The highest BCUT2D eigenvalue weighted by Gasteiger charge is 2.61. The summed E-state index contributed by atoms with van der Waals surface area (Å²) in [6, 6.07) is 13.6. The van der Waals surface area contributed by atoms with E-state index in [1.807, 2.05) is 23.7 Å². The lowest BCUT2D eigenvalue weighted by Crippen LogP contribution is -2.60. The standard InChI is InChI=1S/C26H29N5O3S/c1-18-4-2-3-5-23(18)30-35(33,34)22-8-6-21(7-9-22)29-24(32)25-11-19-10-20(12-25)14-26(13-19,15-25)31-17-27-16-28-31/h2-9,16-17,19-20,30H,10-15H2,1H3,(H,29,32)/t19-,20-,25?,26?/m0/s1. The SMILES string of the molecule is Cc1ccccc1NS(=O)(=O)c1ccc(NC(=O)C23C[C@@H]4C[C@@H](C2)CC(n2cncn2)(C4)C3)cc1. The largest absolute Gasteiger partial charge is 0.326 e. The first-order valence-corrected chi connectivity index (χ1v) is 13.6. The first-order valence-electron chi connectivity index (χ1n) is 12.1. The molecule has 2 N–H and O–H groups in total. The van der Waals surface area contributed by atoms with Crippen LogP contribution in [0.25, 0.3) is 0 Å². The zero-order chi connectivity index (χ0) is 24.3. The number of sulfonamides is 1. The van der Waals surface area contributed by atoms with Crippen LogP contribution in [0.3, 0.4) is 0 Å². The van der Waals surface area contributed by atoms with Gasteiger partial charge < -0.3 is 5.32 Å². The van der Waals surface area contributed by atoms with E-state index in [0.717, 1.165) is 37.7 Å². The number of amides is 1. The molecule has 4 aliphatic rings. The molecule has 1 heterocycles. The Morgan fingerprint density at radius 2 is 1.74 bits per heavy atom. The number of nitrogens with one attached hydrogen (secondary N) is 2. The molecule has 0 aliphatic heterocycles. The molecule has 182 valence electrons. The number of aromatic nitrogens is 3. The summed E-state index contributed by atoms with van der Waals surface area (Å²) >= 11 is 0. The van der Waals surface area contributed by atoms with E-state index in [2.05, 4.69) is 20.1 Å². The van der Waals surface area contributed by atoms with Gasteiger partial charge in [-0.25, -0.2) is 18.1 Å². The van der Waals surface area contributed by atoms with Crippen LogP contribution in [0.2, 0.25) is 0 Å². The van der Waals surface area contributed by atoms with Crippen molar-refractivity contribution in [3.05, 3.63) is 66.7 Å². The van der Waals surface area contributed by atoms with Gasteiger partial charge in [0.15, 0.2) is 0 Å². The smallest absolute Gasteiger partial charge is 0.261 e. The van der Waals surface area contributed by atoms with Crippen LogP contribution >= 0.6 is 0 Å². The van der Waals surface area contributed by atoms with Crippen LogP contribution in [0.5, 0.6) is 0 Å². The third kappa shape index (κ3) is 3.82. The van der Waals surface area contributed by atoms with Crippen molar-refractivity contribution in [1.29, 1.82) is 0 Å². The molecule has 4 aliphatic carbocycles. The fraction of sp³-hybridized carbons (Fsp3) is 0.423. The van der Waals surface area contributed by atoms with E-state index in [0.29, 0.717) is 23.2 Å². The van der Waals surface area contributed by atoms with E-state index in [1.54, 1.807) is 36.9 Å². The van der Waals surface area contributed by atoms with Crippen molar-refractivity contribution >= 4 is 27.3 Å². The normalized spacial score (nSPS) is 29.2. The monoisotopic (exact) mass is 491 g/mol. The van der Waals surface area contributed by atoms with E-state index in [-0.39, 0.29) is 16.3 Å². The number of benzene rings is 2. The molecule has 4 bridgehead atoms. The Morgan fingerprint density at radius 3 is 2.40 bits per heavy atom. The molecule has 0 saturated heterocycles. The summed E-state index contributed by atoms with van der Waals surface area (Å²) in [5.41, 5.74) is 1.45. The molecule has 4 saturated carbocycles. The van der Waals surface area contributed by atoms with Crippen LogP contribution in [0, 0.1) is 24.2 Å². The highest BCUT2D eigenvalue weighted by atomic mass is 32.2. The predicted octanol–water partition coefficient (Wildman–Crippen LogP) is 4.32. The Labute approximate surface area is 205 Å². The number of hydrogen-bond acceptors (Lipinski definition) is 5. The Kier molecular flexibility index (Phi) is 5.03. The molecule has 7 rings (SSSR count). The van der Waals surface area contributed by atoms with Gasteiger partial charge in [0, 0.05) is 5.69 Å². The highest BCUT2D eigenvalue weighted by Crippen LogP contribution is 2.64. The molecular weight excluding hydrogens is 462 g/mol. The molecule has 4 fully saturated rings. The van der Waals surface area contributed by atoms with Gasteiger partial charge in [-0.15, -0.1) is 0 Å². The first-order chi connectivity index (χ1) is 16.8. The predicted molar refractivity (Wildman–Crippen MR) is 132 cm³/mol. The van der Waals surface area contributed by atoms with Gasteiger partial charge in [0.2, 0.25) is 5.91 Å². The van der Waals surface area contributed by atoms with Crippen LogP contribution in [0.4, 0.5) is 11.4 Å². The fourth-order valence-corrected chi connectivity index (χ4v) is 8.20. The second-order valence-electron chi connectivity index (χ2n) is 10.7. The van der Waals surface area contributed by atoms with Crippen molar-refractivity contribution in [2.24, 2.45) is 17.3 Å². The van der Waals surface area contributed by atoms with Gasteiger partial charge in [0.05, 0.1) is 21.5 Å². The minimum absolute atomic E-state index is 0.0322. The maximum atomic E-state index is 13.7. The minimum Gasteiger partial charge on any atom is -0.326 e. The van der Waals surface area contributed by atoms with Crippen LogP contribution < -0.4 is 10.0 Å². The third-order valence-corrected chi connectivity index (χ3v) is 9.61. The quantitative estimate of drug-likeness (QED) is 0.534. The number of rotatable bonds is 6. The molecule has 0 radical (unpaired) electrons. The van der Waals surface area contributed by atoms with E-state index in [1.165, 1.54) is 18.6 Å². The molecule has 0 spiro atoms. The Morgan fingerprint density at radius 1 is 1.03 bits per heavy atom. The van der Waals surface area contributed by atoms with Gasteiger partial charge in [-0.3, -0.25) is 9.52 Å². The molecule has 2 atom stereocenters. The molecular formula is C26H29N5O3S. The Hall–Kier alpha value is -3.20. The van der Waals surface area contributed by atoms with Gasteiger partial charge in [-0.2, -0.15) is 5.10 Å². The summed E-state index contributed by atoms with van der Waals surface area (Å²) in [5, 5.41) is 7.56. The summed E-state index contributed by atoms with van der Waals surface area (Å²) in [4.78, 5) is 18.0. The van der Waals surface area contributed by atoms with Crippen LogP contribution in [0.1, 0.15) is 44.1 Å². The molecule has 8 nitrogen and oxygen atoms in total. The van der Waals surface area contributed by atoms with E-state index >= 15 is 0 Å². The van der Waals surface area contributed by atoms with Crippen molar-refractivity contribution in [1.82, 2.24) is 14.8 Å². The lowest BCUT2D eigenvalue weighted by molar-refractivity contribution is -0.150. The number of carbonyl (C=O) groups is 1. The highest BCUT2D eigenvalue weighted by molar-refractivity contribution is 7.92. The van der Waals surface area contributed by atoms with Gasteiger partial charge in [0.1, 0.15) is 12.7 Å². The van der Waals surface area contributed by atoms with E-state index < -0.39 is 15.4 Å². The zero-order valence-corrected chi connectivity index (χ0v) is 20.5. The lowest BCUT2D eigenvalue weighted by Gasteiger charge is -2.60. The lowest BCUT2D eigenvalue weighted by atomic mass is 9.46. The number of nitrogens with zero attached hydrogens (tertiary/aromatic N) is 3. The summed E-state index contributed by atoms with van der Waals surface area (Å²) in [6.45, 7) is 1.86. The van der Waals surface area contributed by atoms with Crippen molar-refractivity contribution in [2.45, 2.75) is 55.9 Å². The summed E-state index contributed by atoms with van der Waals surface area (Å²) < 4.78 is 30.3. The minimum atomic E-state index is -3.73. The molecule has 2 aromatic carbocycles. The number of para-hydroxylation sites is 1. The fourth-order valence-electron chi connectivity index (χ4n) is 7.07. The van der Waals surface area contributed by atoms with Crippen LogP contribution in [-0.4, -0.2) is 29.1 Å². The maximum absolute atomic E-state index is 13.7. The summed E-state index contributed by atoms with van der Waals surface area (Å²) in [5.74, 6) is 1.07. The second-order valence-corrected chi connectivity index (χ2v) is 12.4. The van der Waals surface area contributed by atoms with Gasteiger partial charge in [-0.1, -0.05) is 18.2 Å². The molecule has 9 heteroatoms. The molecule has 1 aromatic heterocycles. The molecule has 0 unspecified atom stereocenters. The van der Waals surface area contributed by atoms with E-state index in [9.17, 15) is 13.2 Å². The number of aryl methyl sites for hydroxylation is 1. The Balaban J connectivity index is 1.20. The summed E-state index contributed by atoms with van der Waals surface area (Å²) in [6.07, 6.45) is 9.25. The van der Waals surface area contributed by atoms with Gasteiger partial charge >= 0.3 is 0 Å². The van der Waals surface area contributed by atoms with Gasteiger partial charge in [0.25, 0.3) is 10.0 Å². The second kappa shape index (κ2) is 7.91. The number of hydrogen-bond donors (Lipinski definition) is 2.